The molecule has 4 fully saturated rings. The van der Waals surface area contributed by atoms with E-state index in [1.807, 2.05) is 30.3 Å². The Bertz CT molecular complexity index is 2050. The van der Waals surface area contributed by atoms with Crippen molar-refractivity contribution >= 4 is 52.7 Å². The molecule has 1 aromatic carbocycles. The van der Waals surface area contributed by atoms with E-state index >= 15 is 0 Å². The molecule has 0 atom stereocenters. The van der Waals surface area contributed by atoms with Crippen LogP contribution in [0.15, 0.2) is 48.7 Å². The predicted molar refractivity (Wildman–Crippen MR) is 209 cm³/mol. The number of pyridine rings is 2. The molecule has 0 radical (unpaired) electrons. The lowest BCUT2D eigenvalue weighted by Crippen LogP contribution is -2.58. The maximum atomic E-state index is 13.6. The Kier molecular flexibility index (Phi) is 10.8. The molecule has 2 aromatic heterocycles. The lowest BCUT2D eigenvalue weighted by molar-refractivity contribution is -0.122. The van der Waals surface area contributed by atoms with Crippen LogP contribution in [0.3, 0.4) is 0 Å². The summed E-state index contributed by atoms with van der Waals surface area (Å²) in [6.45, 7) is 6.12. The summed E-state index contributed by atoms with van der Waals surface area (Å²) in [5.74, 6) is 0.436. The lowest BCUT2D eigenvalue weighted by Gasteiger charge is -2.39. The molecule has 0 spiro atoms. The van der Waals surface area contributed by atoms with Gasteiger partial charge in [0.1, 0.15) is 11.6 Å². The van der Waals surface area contributed by atoms with Crippen molar-refractivity contribution in [2.75, 3.05) is 74.6 Å². The number of imide groups is 2. The zero-order valence-corrected chi connectivity index (χ0v) is 31.9. The van der Waals surface area contributed by atoms with E-state index in [0.29, 0.717) is 60.6 Å². The van der Waals surface area contributed by atoms with E-state index in [1.54, 1.807) is 18.3 Å². The van der Waals surface area contributed by atoms with E-state index in [2.05, 4.69) is 36.8 Å². The van der Waals surface area contributed by atoms with Gasteiger partial charge in [-0.15, -0.1) is 0 Å². The van der Waals surface area contributed by atoms with Crippen LogP contribution in [0.5, 0.6) is 0 Å². The van der Waals surface area contributed by atoms with Crippen molar-refractivity contribution in [3.8, 4) is 17.3 Å². The highest BCUT2D eigenvalue weighted by molar-refractivity contribution is 6.33. The van der Waals surface area contributed by atoms with Crippen LogP contribution in [0, 0.1) is 22.7 Å². The molecule has 292 valence electrons. The minimum atomic E-state index is -0.768. The van der Waals surface area contributed by atoms with Gasteiger partial charge in [-0.25, -0.2) is 19.8 Å². The van der Waals surface area contributed by atoms with Crippen molar-refractivity contribution in [2.24, 2.45) is 11.3 Å². The number of hydrogen-bond donors (Lipinski definition) is 3. The molecule has 5 aliphatic heterocycles. The summed E-state index contributed by atoms with van der Waals surface area (Å²) in [6.07, 6.45) is 6.95. The third kappa shape index (κ3) is 7.73. The molecule has 3 aromatic rings. The molecule has 7 heterocycles. The van der Waals surface area contributed by atoms with Gasteiger partial charge in [0.25, 0.3) is 11.8 Å². The number of halogens is 1. The molecular formula is C40H45ClN10O5. The van der Waals surface area contributed by atoms with Crippen LogP contribution in [0.25, 0.3) is 11.3 Å². The number of nitriles is 1. The van der Waals surface area contributed by atoms with Crippen molar-refractivity contribution in [1.29, 1.82) is 5.26 Å². The van der Waals surface area contributed by atoms with Crippen molar-refractivity contribution in [3.05, 3.63) is 64.8 Å². The molecule has 5 amide bonds. The number of carbonyl (C=O) groups is 4. The second-order valence-corrected chi connectivity index (χ2v) is 15.7. The monoisotopic (exact) mass is 780 g/mol. The fourth-order valence-electron chi connectivity index (χ4n) is 8.42. The largest absolute Gasteiger partial charge is 0.381 e. The first-order valence-corrected chi connectivity index (χ1v) is 19.8. The molecule has 8 rings (SSSR count). The average Bonchev–Trinajstić information content (AvgIpc) is 3.48. The minimum absolute atomic E-state index is 0.0183. The number of piperidine rings is 2. The summed E-state index contributed by atoms with van der Waals surface area (Å²) in [4.78, 5) is 65.1. The minimum Gasteiger partial charge on any atom is -0.381 e. The number of ether oxygens (including phenoxy) is 1. The molecule has 0 aliphatic carbocycles. The zero-order chi connectivity index (χ0) is 38.8. The first kappa shape index (κ1) is 37.6. The molecule has 5 aliphatic rings. The zero-order valence-electron chi connectivity index (χ0n) is 31.1. The summed E-state index contributed by atoms with van der Waals surface area (Å²) in [6, 6.07) is 15.0. The summed E-state index contributed by atoms with van der Waals surface area (Å²) >= 11 is 6.63. The molecule has 0 bridgehead atoms. The second kappa shape index (κ2) is 16.0. The van der Waals surface area contributed by atoms with Crippen LogP contribution in [0.4, 0.5) is 22.1 Å². The quantitative estimate of drug-likeness (QED) is 0.241. The van der Waals surface area contributed by atoms with E-state index in [4.69, 9.17) is 21.3 Å². The van der Waals surface area contributed by atoms with Gasteiger partial charge in [0.15, 0.2) is 0 Å². The summed E-state index contributed by atoms with van der Waals surface area (Å²) in [7, 11) is 0. The number of likely N-dealkylation sites (tertiary alicyclic amines) is 1. The molecule has 3 N–H and O–H groups in total. The fourth-order valence-corrected chi connectivity index (χ4v) is 8.62. The van der Waals surface area contributed by atoms with E-state index in [0.717, 1.165) is 85.5 Å². The topological polar surface area (TPSA) is 176 Å². The Morgan fingerprint density at radius 2 is 1.70 bits per heavy atom. The molecule has 0 unspecified atom stereocenters. The van der Waals surface area contributed by atoms with Gasteiger partial charge >= 0.3 is 6.03 Å². The van der Waals surface area contributed by atoms with Crippen molar-refractivity contribution < 1.29 is 23.9 Å². The van der Waals surface area contributed by atoms with Crippen LogP contribution < -0.4 is 20.9 Å². The van der Waals surface area contributed by atoms with Crippen molar-refractivity contribution in [3.63, 3.8) is 0 Å². The Labute approximate surface area is 330 Å². The number of nitrogens with zero attached hydrogens (tertiary/aromatic N) is 7. The molecule has 4 saturated heterocycles. The van der Waals surface area contributed by atoms with Crippen LogP contribution in [-0.4, -0.2) is 114 Å². The number of aromatic nitrogens is 2. The van der Waals surface area contributed by atoms with Gasteiger partial charge in [-0.2, -0.15) is 10.3 Å². The van der Waals surface area contributed by atoms with E-state index in [1.165, 1.54) is 0 Å². The van der Waals surface area contributed by atoms with Gasteiger partial charge in [0, 0.05) is 76.7 Å². The van der Waals surface area contributed by atoms with Crippen LogP contribution in [0.1, 0.15) is 65.7 Å². The third-order valence-electron chi connectivity index (χ3n) is 11.7. The van der Waals surface area contributed by atoms with Crippen LogP contribution >= 0.6 is 11.6 Å². The van der Waals surface area contributed by atoms with Crippen molar-refractivity contribution in [1.82, 2.24) is 30.2 Å². The van der Waals surface area contributed by atoms with Gasteiger partial charge in [0.2, 0.25) is 5.91 Å². The standard InChI is InChI=1S/C40H45ClN10O5/c41-30-22-43-34(21-29(30)31-4-2-6-33(46-31)44-25-40(24-42)12-19-56-20-13-40)45-27-9-14-48(15-10-27)23-26-7-16-49(17-8-26)32-5-1-3-28-36(32)38(54)51(37(28)53)50-18-11-35(52)47-39(50)55/h1-6,21-22,26-27H,7-20,23,25H2,(H,43,45)(H,44,46)(H,47,52,55). The fraction of sp³-hybridized carbons (Fsp3) is 0.475. The number of amides is 5. The highest BCUT2D eigenvalue weighted by Crippen LogP contribution is 2.36. The predicted octanol–water partition coefficient (Wildman–Crippen LogP) is 4.78. The SMILES string of the molecule is N#CC1(CNc2cccc(-c3cc(NC4CCN(CC5CCN(c6cccc7c6C(=O)N(N6CCC(=O)NC6=O)C7=O)CC5)CC4)ncc3Cl)n2)CCOCC1. The smallest absolute Gasteiger partial charge is 0.343 e. The third-order valence-corrected chi connectivity index (χ3v) is 12.0. The van der Waals surface area contributed by atoms with Crippen molar-refractivity contribution in [2.45, 2.75) is 51.0 Å². The highest BCUT2D eigenvalue weighted by atomic mass is 35.5. The number of benzene rings is 1. The number of carbonyl (C=O) groups excluding carboxylic acids is 4. The number of rotatable bonds is 10. The first-order valence-electron chi connectivity index (χ1n) is 19.4. The maximum Gasteiger partial charge on any atom is 0.343 e. The van der Waals surface area contributed by atoms with Gasteiger partial charge in [-0.05, 0) is 74.8 Å². The lowest BCUT2D eigenvalue weighted by atomic mass is 9.82. The highest BCUT2D eigenvalue weighted by Gasteiger charge is 2.45. The molecule has 56 heavy (non-hydrogen) atoms. The Balaban J connectivity index is 0.823. The number of anilines is 3. The molecule has 0 saturated carbocycles. The molecule has 16 heteroatoms. The number of hydrazine groups is 1. The Morgan fingerprint density at radius 1 is 0.929 bits per heavy atom. The first-order chi connectivity index (χ1) is 27.2. The van der Waals surface area contributed by atoms with Crippen LogP contribution in [0.2, 0.25) is 5.02 Å². The normalized spacial score (nSPS) is 20.8. The van der Waals surface area contributed by atoms with E-state index in [9.17, 15) is 24.4 Å². The van der Waals surface area contributed by atoms with Gasteiger partial charge in [0.05, 0.1) is 45.6 Å². The second-order valence-electron chi connectivity index (χ2n) is 15.3. The number of fused-ring (bicyclic) bond motifs is 1. The van der Waals surface area contributed by atoms with Gasteiger partial charge in [-0.1, -0.05) is 23.7 Å². The Hall–Kier alpha value is -5.30. The number of urea groups is 1. The average molecular weight is 781 g/mol. The number of nitrogens with one attached hydrogen (secondary N) is 3. The van der Waals surface area contributed by atoms with Gasteiger partial charge in [-0.3, -0.25) is 19.7 Å². The van der Waals surface area contributed by atoms with E-state index in [-0.39, 0.29) is 24.6 Å². The summed E-state index contributed by atoms with van der Waals surface area (Å²) < 4.78 is 5.47. The molecular weight excluding hydrogens is 736 g/mol. The van der Waals surface area contributed by atoms with Gasteiger partial charge < -0.3 is 25.2 Å². The summed E-state index contributed by atoms with van der Waals surface area (Å²) in [5, 5.41) is 21.4. The maximum absolute atomic E-state index is 13.6. The van der Waals surface area contributed by atoms with Crippen LogP contribution in [-0.2, 0) is 9.53 Å². The summed E-state index contributed by atoms with van der Waals surface area (Å²) in [5.41, 5.74) is 2.35. The van der Waals surface area contributed by atoms with E-state index < -0.39 is 29.2 Å². The molecule has 15 nitrogen and oxygen atoms in total. The Morgan fingerprint density at radius 3 is 2.45 bits per heavy atom. The number of hydrogen-bond acceptors (Lipinski definition) is 12.